The smallest absolute Gasteiger partial charge is 0.238 e. The average molecular weight is 414 g/mol. The number of pyridine rings is 1. The number of hydrogen-bond acceptors (Lipinski definition) is 6. The number of aromatic nitrogens is 1. The Labute approximate surface area is 178 Å². The number of nitrogens with zero attached hydrogens (tertiary/aromatic N) is 2. The van der Waals surface area contributed by atoms with E-state index < -0.39 is 0 Å². The normalized spacial score (nSPS) is 20.0. The summed E-state index contributed by atoms with van der Waals surface area (Å²) in [5.74, 6) is 0.671. The predicted molar refractivity (Wildman–Crippen MR) is 119 cm³/mol. The molecule has 1 unspecified atom stereocenters. The predicted octanol–water partition coefficient (Wildman–Crippen LogP) is 4.79. The van der Waals surface area contributed by atoms with E-state index in [4.69, 9.17) is 14.5 Å². The van der Waals surface area contributed by atoms with Gasteiger partial charge in [-0.1, -0.05) is 6.07 Å². The number of rotatable bonds is 5. The maximum atomic E-state index is 5.96. The average Bonchev–Trinajstić information content (AvgIpc) is 2.93. The molecule has 2 aliphatic rings. The number of methoxy groups -OCH3 is 1. The van der Waals surface area contributed by atoms with Crippen molar-refractivity contribution in [2.45, 2.75) is 50.0 Å². The molecule has 4 rings (SSSR count). The van der Waals surface area contributed by atoms with Gasteiger partial charge in [0, 0.05) is 36.7 Å². The van der Waals surface area contributed by atoms with Gasteiger partial charge in [0.25, 0.3) is 0 Å². The van der Waals surface area contributed by atoms with Crippen molar-refractivity contribution in [1.82, 2.24) is 9.88 Å². The van der Waals surface area contributed by atoms with Crippen LogP contribution in [0, 0.1) is 6.92 Å². The molecule has 2 aliphatic heterocycles. The van der Waals surface area contributed by atoms with Crippen molar-refractivity contribution in [2.24, 2.45) is 0 Å². The van der Waals surface area contributed by atoms with Gasteiger partial charge in [-0.3, -0.25) is 0 Å². The van der Waals surface area contributed by atoms with Gasteiger partial charge >= 0.3 is 0 Å². The second kappa shape index (κ2) is 9.37. The number of ether oxygens (including phenoxy) is 2. The summed E-state index contributed by atoms with van der Waals surface area (Å²) < 4.78 is 15.0. The van der Waals surface area contributed by atoms with E-state index in [0.717, 1.165) is 50.3 Å². The van der Waals surface area contributed by atoms with Crippen molar-refractivity contribution >= 4 is 17.6 Å². The lowest BCUT2D eigenvalue weighted by molar-refractivity contribution is 0.0145. The molecule has 1 saturated heterocycles. The first-order valence-corrected chi connectivity index (χ1v) is 11.4. The summed E-state index contributed by atoms with van der Waals surface area (Å²) in [5, 5.41) is 0. The van der Waals surface area contributed by atoms with Crippen molar-refractivity contribution in [3.05, 3.63) is 46.6 Å². The molecule has 0 spiro atoms. The van der Waals surface area contributed by atoms with Crippen LogP contribution >= 0.6 is 11.9 Å². The van der Waals surface area contributed by atoms with Crippen molar-refractivity contribution < 1.29 is 9.47 Å². The SMILES string of the molecule is COc1nc2c(cc1NSc1ccc(C3CCCCO3)c(C)c1)CCN(C)CC2. The number of benzene rings is 1. The Balaban J connectivity index is 1.48. The van der Waals surface area contributed by atoms with Crippen molar-refractivity contribution in [3.63, 3.8) is 0 Å². The van der Waals surface area contributed by atoms with E-state index in [-0.39, 0.29) is 6.10 Å². The Morgan fingerprint density at radius 3 is 2.83 bits per heavy atom. The Morgan fingerprint density at radius 2 is 2.07 bits per heavy atom. The monoisotopic (exact) mass is 413 g/mol. The van der Waals surface area contributed by atoms with E-state index >= 15 is 0 Å². The molecule has 1 atom stereocenters. The highest BCUT2D eigenvalue weighted by atomic mass is 32.2. The highest BCUT2D eigenvalue weighted by Gasteiger charge is 2.19. The fourth-order valence-electron chi connectivity index (χ4n) is 4.13. The van der Waals surface area contributed by atoms with E-state index in [9.17, 15) is 0 Å². The quantitative estimate of drug-likeness (QED) is 0.711. The number of fused-ring (bicyclic) bond motifs is 1. The van der Waals surface area contributed by atoms with E-state index in [2.05, 4.69) is 47.9 Å². The van der Waals surface area contributed by atoms with Crippen molar-refractivity contribution in [3.8, 4) is 5.88 Å². The Hall–Kier alpha value is -1.76. The molecule has 0 saturated carbocycles. The van der Waals surface area contributed by atoms with Crippen LogP contribution < -0.4 is 9.46 Å². The summed E-state index contributed by atoms with van der Waals surface area (Å²) >= 11 is 1.61. The third kappa shape index (κ3) is 4.87. The minimum absolute atomic E-state index is 0.253. The molecule has 3 heterocycles. The van der Waals surface area contributed by atoms with Gasteiger partial charge in [-0.25, -0.2) is 4.98 Å². The first-order chi connectivity index (χ1) is 14.1. The van der Waals surface area contributed by atoms with Crippen LogP contribution in [0.15, 0.2) is 29.2 Å². The third-order valence-corrected chi connectivity index (χ3v) is 6.70. The first-order valence-electron chi connectivity index (χ1n) is 10.5. The zero-order valence-corrected chi connectivity index (χ0v) is 18.5. The second-order valence-electron chi connectivity index (χ2n) is 8.03. The fourth-order valence-corrected chi connectivity index (χ4v) is 4.87. The van der Waals surface area contributed by atoms with Crippen LogP contribution in [0.1, 0.15) is 47.8 Å². The number of anilines is 1. The summed E-state index contributed by atoms with van der Waals surface area (Å²) in [7, 11) is 3.86. The summed E-state index contributed by atoms with van der Waals surface area (Å²) in [6, 6.07) is 8.85. The van der Waals surface area contributed by atoms with Gasteiger partial charge in [0.1, 0.15) is 5.69 Å². The molecular formula is C23H31N3O2S. The summed E-state index contributed by atoms with van der Waals surface area (Å²) in [5.41, 5.74) is 6.04. The Bertz CT molecular complexity index is 852. The molecule has 1 fully saturated rings. The van der Waals surface area contributed by atoms with Crippen LogP contribution in [0.4, 0.5) is 5.69 Å². The standard InChI is InChI=1S/C23H31N3O2S/c1-16-14-18(7-8-19(16)22-6-4-5-13-28-22)29-25-21-15-17-9-11-26(2)12-10-20(17)24-23(21)27-3/h7-8,14-15,22,25H,4-6,9-13H2,1-3H3. The minimum atomic E-state index is 0.253. The van der Waals surface area contributed by atoms with Crippen molar-refractivity contribution in [1.29, 1.82) is 0 Å². The summed E-state index contributed by atoms with van der Waals surface area (Å²) in [6.07, 6.45) is 5.81. The minimum Gasteiger partial charge on any atom is -0.479 e. The third-order valence-electron chi connectivity index (χ3n) is 5.89. The Morgan fingerprint density at radius 1 is 1.21 bits per heavy atom. The number of aryl methyl sites for hydroxylation is 1. The van der Waals surface area contributed by atoms with Crippen LogP contribution in [0.5, 0.6) is 5.88 Å². The van der Waals surface area contributed by atoms with Gasteiger partial charge in [-0.15, -0.1) is 0 Å². The van der Waals surface area contributed by atoms with Crippen LogP contribution in [0.2, 0.25) is 0 Å². The summed E-state index contributed by atoms with van der Waals surface area (Å²) in [6.45, 7) is 5.17. The van der Waals surface area contributed by atoms with Gasteiger partial charge in [0.2, 0.25) is 5.88 Å². The van der Waals surface area contributed by atoms with Gasteiger partial charge in [0.05, 0.1) is 13.2 Å². The van der Waals surface area contributed by atoms with Gasteiger partial charge < -0.3 is 19.1 Å². The fraction of sp³-hybridized carbons (Fsp3) is 0.522. The van der Waals surface area contributed by atoms with E-state index in [0.29, 0.717) is 5.88 Å². The van der Waals surface area contributed by atoms with E-state index in [1.165, 1.54) is 34.4 Å². The van der Waals surface area contributed by atoms with Gasteiger partial charge in [-0.05, 0) is 86.5 Å². The maximum absolute atomic E-state index is 5.96. The molecule has 1 aromatic carbocycles. The summed E-state index contributed by atoms with van der Waals surface area (Å²) in [4.78, 5) is 8.33. The lowest BCUT2D eigenvalue weighted by atomic mass is 9.97. The molecule has 0 bridgehead atoms. The maximum Gasteiger partial charge on any atom is 0.238 e. The molecule has 0 aliphatic carbocycles. The lowest BCUT2D eigenvalue weighted by Crippen LogP contribution is -2.20. The Kier molecular flexibility index (Phi) is 6.63. The molecule has 5 nitrogen and oxygen atoms in total. The van der Waals surface area contributed by atoms with Gasteiger partial charge in [-0.2, -0.15) is 0 Å². The van der Waals surface area contributed by atoms with Crippen LogP contribution in [0.3, 0.4) is 0 Å². The molecule has 0 radical (unpaired) electrons. The molecule has 0 amide bonds. The number of nitrogens with one attached hydrogen (secondary N) is 1. The largest absolute Gasteiger partial charge is 0.479 e. The number of likely N-dealkylation sites (N-methyl/N-ethyl adjacent to an activating group) is 1. The van der Waals surface area contributed by atoms with Crippen LogP contribution in [0.25, 0.3) is 0 Å². The highest BCUT2D eigenvalue weighted by Crippen LogP contribution is 2.34. The molecule has 1 N–H and O–H groups in total. The van der Waals surface area contributed by atoms with E-state index in [1.54, 1.807) is 19.1 Å². The zero-order valence-electron chi connectivity index (χ0n) is 17.7. The first kappa shape index (κ1) is 20.5. The molecule has 156 valence electrons. The van der Waals surface area contributed by atoms with E-state index in [1.807, 2.05) is 0 Å². The molecule has 2 aromatic rings. The topological polar surface area (TPSA) is 46.6 Å². The molecule has 6 heteroatoms. The van der Waals surface area contributed by atoms with Crippen molar-refractivity contribution in [2.75, 3.05) is 38.6 Å². The van der Waals surface area contributed by atoms with Gasteiger partial charge in [0.15, 0.2) is 0 Å². The molecular weight excluding hydrogens is 382 g/mol. The zero-order chi connectivity index (χ0) is 20.2. The lowest BCUT2D eigenvalue weighted by Gasteiger charge is -2.24. The second-order valence-corrected chi connectivity index (χ2v) is 8.91. The molecule has 1 aromatic heterocycles. The number of hydrogen-bond donors (Lipinski definition) is 1. The van der Waals surface area contributed by atoms with Crippen LogP contribution in [-0.2, 0) is 17.6 Å². The van der Waals surface area contributed by atoms with Crippen LogP contribution in [-0.4, -0.2) is 43.7 Å². The highest BCUT2D eigenvalue weighted by molar-refractivity contribution is 8.00. The molecule has 29 heavy (non-hydrogen) atoms.